The number of thioether (sulfide) groups is 1. The molecule has 0 aromatic heterocycles. The summed E-state index contributed by atoms with van der Waals surface area (Å²) in [4.78, 5) is 26.3. The Morgan fingerprint density at radius 3 is 2.38 bits per heavy atom. The first-order valence-corrected chi connectivity index (χ1v) is 11.1. The standard InChI is InChI=1S/C20H19N3O4S2/c1-2-13-23-19(25)17(14-18(24)21-15-9-5-3-6-10-15)28-20(23)22-29(26,27)16-11-7-4-8-12-16/h2-12,17H,1,13-14H2,(H,21,24). The SMILES string of the molecule is C=CCN1C(=O)C(CC(=O)Nc2ccccc2)SC1=NS(=O)(=O)c1ccccc1. The Labute approximate surface area is 173 Å². The highest BCUT2D eigenvalue weighted by Gasteiger charge is 2.39. The molecule has 9 heteroatoms. The van der Waals surface area contributed by atoms with E-state index in [1.165, 1.54) is 23.1 Å². The van der Waals surface area contributed by atoms with Gasteiger partial charge in [-0.3, -0.25) is 14.5 Å². The normalized spacial score (nSPS) is 18.1. The van der Waals surface area contributed by atoms with Crippen molar-refractivity contribution in [1.29, 1.82) is 0 Å². The number of amides is 2. The van der Waals surface area contributed by atoms with Crippen LogP contribution in [0.5, 0.6) is 0 Å². The van der Waals surface area contributed by atoms with Gasteiger partial charge in [-0.2, -0.15) is 8.42 Å². The maximum absolute atomic E-state index is 12.7. The van der Waals surface area contributed by atoms with Crippen molar-refractivity contribution in [2.75, 3.05) is 11.9 Å². The van der Waals surface area contributed by atoms with Crippen LogP contribution in [0.1, 0.15) is 6.42 Å². The van der Waals surface area contributed by atoms with Gasteiger partial charge in [-0.1, -0.05) is 54.2 Å². The first-order valence-electron chi connectivity index (χ1n) is 8.74. The Hall–Kier alpha value is -2.91. The molecule has 1 unspecified atom stereocenters. The third kappa shape index (κ3) is 5.12. The van der Waals surface area contributed by atoms with Crippen molar-refractivity contribution in [3.63, 3.8) is 0 Å². The molecule has 1 saturated heterocycles. The minimum absolute atomic E-state index is 0.0318. The van der Waals surface area contributed by atoms with E-state index in [-0.39, 0.29) is 34.8 Å². The summed E-state index contributed by atoms with van der Waals surface area (Å²) in [6.45, 7) is 3.71. The number of rotatable bonds is 7. The van der Waals surface area contributed by atoms with Gasteiger partial charge >= 0.3 is 0 Å². The van der Waals surface area contributed by atoms with E-state index in [1.807, 2.05) is 6.07 Å². The Morgan fingerprint density at radius 1 is 1.14 bits per heavy atom. The molecule has 0 aliphatic carbocycles. The highest BCUT2D eigenvalue weighted by molar-refractivity contribution is 8.16. The second-order valence-corrected chi connectivity index (χ2v) is 8.90. The van der Waals surface area contributed by atoms with Crippen LogP contribution >= 0.6 is 11.8 Å². The van der Waals surface area contributed by atoms with Gasteiger partial charge in [0.1, 0.15) is 5.25 Å². The molecule has 2 amide bonds. The molecule has 1 aliphatic heterocycles. The van der Waals surface area contributed by atoms with Gasteiger partial charge in [0.25, 0.3) is 10.0 Å². The van der Waals surface area contributed by atoms with Gasteiger partial charge in [0.2, 0.25) is 11.8 Å². The third-order valence-electron chi connectivity index (χ3n) is 4.00. The topological polar surface area (TPSA) is 95.9 Å². The van der Waals surface area contributed by atoms with Gasteiger partial charge in [0.05, 0.1) is 4.90 Å². The lowest BCUT2D eigenvalue weighted by Gasteiger charge is -2.13. The monoisotopic (exact) mass is 429 g/mol. The van der Waals surface area contributed by atoms with Crippen molar-refractivity contribution in [3.8, 4) is 0 Å². The highest BCUT2D eigenvalue weighted by Crippen LogP contribution is 2.31. The maximum atomic E-state index is 12.7. The van der Waals surface area contributed by atoms with Crippen LogP contribution < -0.4 is 5.32 Å². The minimum atomic E-state index is -3.98. The number of hydrogen-bond acceptors (Lipinski definition) is 5. The molecule has 29 heavy (non-hydrogen) atoms. The van der Waals surface area contributed by atoms with Gasteiger partial charge in [-0.25, -0.2) is 0 Å². The Morgan fingerprint density at radius 2 is 1.76 bits per heavy atom. The molecule has 2 aromatic carbocycles. The lowest BCUT2D eigenvalue weighted by Crippen LogP contribution is -2.33. The van der Waals surface area contributed by atoms with Crippen LogP contribution in [0, 0.1) is 0 Å². The molecule has 150 valence electrons. The molecule has 2 aromatic rings. The number of nitrogens with zero attached hydrogens (tertiary/aromatic N) is 2. The van der Waals surface area contributed by atoms with Crippen LogP contribution in [0.4, 0.5) is 5.69 Å². The summed E-state index contributed by atoms with van der Waals surface area (Å²) >= 11 is 0.966. The number of sulfonamides is 1. The number of amidine groups is 1. The summed E-state index contributed by atoms with van der Waals surface area (Å²) in [5.74, 6) is -0.715. The fraction of sp³-hybridized carbons (Fsp3) is 0.150. The average Bonchev–Trinajstić information content (AvgIpc) is 2.98. The summed E-state index contributed by atoms with van der Waals surface area (Å²) in [6, 6.07) is 16.6. The Balaban J connectivity index is 1.79. The van der Waals surface area contributed by atoms with Crippen molar-refractivity contribution in [2.45, 2.75) is 16.6 Å². The molecule has 1 heterocycles. The second-order valence-electron chi connectivity index (χ2n) is 6.12. The van der Waals surface area contributed by atoms with E-state index >= 15 is 0 Å². The molecular weight excluding hydrogens is 410 g/mol. The molecule has 1 aliphatic rings. The van der Waals surface area contributed by atoms with E-state index in [0.717, 1.165) is 11.8 Å². The molecule has 0 bridgehead atoms. The van der Waals surface area contributed by atoms with Crippen LogP contribution in [0.25, 0.3) is 0 Å². The molecule has 1 fully saturated rings. The van der Waals surface area contributed by atoms with E-state index in [9.17, 15) is 18.0 Å². The molecular formula is C20H19N3O4S2. The molecule has 1 atom stereocenters. The molecule has 3 rings (SSSR count). The first kappa shape index (κ1) is 20.8. The van der Waals surface area contributed by atoms with Crippen LogP contribution in [0.3, 0.4) is 0 Å². The van der Waals surface area contributed by atoms with E-state index in [1.54, 1.807) is 42.5 Å². The number of anilines is 1. The van der Waals surface area contributed by atoms with Gasteiger partial charge in [0.15, 0.2) is 5.17 Å². The maximum Gasteiger partial charge on any atom is 0.284 e. The molecule has 0 radical (unpaired) electrons. The number of hydrogen-bond donors (Lipinski definition) is 1. The predicted octanol–water partition coefficient (Wildman–Crippen LogP) is 2.89. The first-order chi connectivity index (χ1) is 13.9. The molecule has 0 saturated carbocycles. The van der Waals surface area contributed by atoms with Gasteiger partial charge in [0, 0.05) is 18.7 Å². The third-order valence-corrected chi connectivity index (χ3v) is 6.57. The van der Waals surface area contributed by atoms with Crippen molar-refractivity contribution >= 4 is 44.5 Å². The fourth-order valence-corrected chi connectivity index (χ4v) is 5.04. The lowest BCUT2D eigenvalue weighted by molar-refractivity contribution is -0.127. The number of para-hydroxylation sites is 1. The van der Waals surface area contributed by atoms with Crippen molar-refractivity contribution < 1.29 is 18.0 Å². The van der Waals surface area contributed by atoms with Crippen molar-refractivity contribution in [3.05, 3.63) is 73.3 Å². The summed E-state index contributed by atoms with van der Waals surface area (Å²) in [7, 11) is -3.98. The van der Waals surface area contributed by atoms with Gasteiger partial charge in [-0.15, -0.1) is 11.0 Å². The zero-order chi connectivity index (χ0) is 20.9. The number of carbonyl (C=O) groups is 2. The van der Waals surface area contributed by atoms with Gasteiger partial charge < -0.3 is 5.32 Å². The van der Waals surface area contributed by atoms with Crippen LogP contribution in [-0.2, 0) is 19.6 Å². The zero-order valence-electron chi connectivity index (χ0n) is 15.4. The fourth-order valence-electron chi connectivity index (χ4n) is 2.66. The smallest absolute Gasteiger partial charge is 0.284 e. The van der Waals surface area contributed by atoms with E-state index in [4.69, 9.17) is 0 Å². The van der Waals surface area contributed by atoms with E-state index < -0.39 is 15.3 Å². The number of carbonyl (C=O) groups excluding carboxylic acids is 2. The van der Waals surface area contributed by atoms with Crippen molar-refractivity contribution in [1.82, 2.24) is 4.90 Å². The van der Waals surface area contributed by atoms with Gasteiger partial charge in [-0.05, 0) is 24.3 Å². The summed E-state index contributed by atoms with van der Waals surface area (Å²) in [5, 5.41) is 2.00. The summed E-state index contributed by atoms with van der Waals surface area (Å²) in [5.41, 5.74) is 0.622. The highest BCUT2D eigenvalue weighted by atomic mass is 32.2. The quantitative estimate of drug-likeness (QED) is 0.683. The number of nitrogens with one attached hydrogen (secondary N) is 1. The van der Waals surface area contributed by atoms with Crippen LogP contribution in [-0.4, -0.2) is 42.1 Å². The number of benzene rings is 2. The molecule has 0 spiro atoms. The average molecular weight is 430 g/mol. The largest absolute Gasteiger partial charge is 0.326 e. The molecule has 1 N–H and O–H groups in total. The summed E-state index contributed by atoms with van der Waals surface area (Å²) < 4.78 is 29.0. The lowest BCUT2D eigenvalue weighted by atomic mass is 10.2. The van der Waals surface area contributed by atoms with Crippen LogP contribution in [0.15, 0.2) is 82.6 Å². The Kier molecular flexibility index (Phi) is 6.50. The summed E-state index contributed by atoms with van der Waals surface area (Å²) in [6.07, 6.45) is 1.38. The minimum Gasteiger partial charge on any atom is -0.326 e. The van der Waals surface area contributed by atoms with E-state index in [2.05, 4.69) is 16.3 Å². The zero-order valence-corrected chi connectivity index (χ0v) is 17.0. The Bertz CT molecular complexity index is 1040. The van der Waals surface area contributed by atoms with Crippen molar-refractivity contribution in [2.24, 2.45) is 4.40 Å². The second kappa shape index (κ2) is 9.06. The predicted molar refractivity (Wildman–Crippen MR) is 114 cm³/mol. The van der Waals surface area contributed by atoms with Crippen LogP contribution in [0.2, 0.25) is 0 Å². The van der Waals surface area contributed by atoms with E-state index in [0.29, 0.717) is 5.69 Å². The molecule has 7 nitrogen and oxygen atoms in total.